The van der Waals surface area contributed by atoms with E-state index in [1.165, 1.54) is 44.5 Å². The maximum atomic E-state index is 6.70. The van der Waals surface area contributed by atoms with E-state index in [9.17, 15) is 0 Å². The van der Waals surface area contributed by atoms with Crippen LogP contribution in [0.4, 0.5) is 0 Å². The lowest BCUT2D eigenvalue weighted by molar-refractivity contribution is -0.633. The van der Waals surface area contributed by atoms with Crippen molar-refractivity contribution in [1.29, 1.82) is 0 Å². The maximum Gasteiger partial charge on any atom is 0.299 e. The number of benzene rings is 5. The Morgan fingerprint density at radius 3 is 2.10 bits per heavy atom. The van der Waals surface area contributed by atoms with E-state index in [-0.39, 0.29) is 11.8 Å². The summed E-state index contributed by atoms with van der Waals surface area (Å²) in [6, 6.07) is 35.0. The van der Waals surface area contributed by atoms with Gasteiger partial charge in [0.15, 0.2) is 16.6 Å². The number of hydrogen-bond acceptors (Lipinski definition) is 3. The first-order valence-electron chi connectivity index (χ1n) is 16.8. The van der Waals surface area contributed by atoms with Crippen LogP contribution in [0.5, 0.6) is 0 Å². The summed E-state index contributed by atoms with van der Waals surface area (Å²) in [7, 11) is 2.19. The molecule has 0 spiro atoms. The molecule has 8 aromatic rings. The van der Waals surface area contributed by atoms with E-state index in [1.807, 2.05) is 12.3 Å². The van der Waals surface area contributed by atoms with Crippen molar-refractivity contribution < 1.29 is 8.98 Å². The van der Waals surface area contributed by atoms with E-state index < -0.39 is 0 Å². The summed E-state index contributed by atoms with van der Waals surface area (Å²) in [5.41, 5.74) is 14.7. The molecule has 0 saturated carbocycles. The Kier molecular flexibility index (Phi) is 7.21. The van der Waals surface area contributed by atoms with Crippen LogP contribution >= 0.6 is 0 Å². The van der Waals surface area contributed by atoms with Gasteiger partial charge in [-0.1, -0.05) is 94.4 Å². The van der Waals surface area contributed by atoms with Crippen molar-refractivity contribution in [1.82, 2.24) is 14.5 Å². The van der Waals surface area contributed by atoms with Gasteiger partial charge in [0, 0.05) is 39.9 Å². The maximum absolute atomic E-state index is 6.70. The molecule has 0 aliphatic heterocycles. The van der Waals surface area contributed by atoms with Crippen LogP contribution in [0.1, 0.15) is 56.2 Å². The molecule has 0 N–H and O–H groups in total. The van der Waals surface area contributed by atoms with Crippen molar-refractivity contribution in [2.45, 2.75) is 46.5 Å². The number of furan rings is 1. The number of nitrogens with zero attached hydrogens (tertiary/aromatic N) is 4. The Morgan fingerprint density at radius 1 is 0.708 bits per heavy atom. The SMILES string of the molecule is Cc1ccc2c(oc3ccccc32)c1-c1n(-c2c(C(C)C)cc(-c3ccc(-c4cnccn4)cc3)cc2C(C)C)c2ccccc2[n+]1C. The van der Waals surface area contributed by atoms with Crippen LogP contribution in [0, 0.1) is 6.92 Å². The van der Waals surface area contributed by atoms with Crippen LogP contribution < -0.4 is 4.57 Å². The van der Waals surface area contributed by atoms with Gasteiger partial charge in [0.1, 0.15) is 16.8 Å². The Labute approximate surface area is 281 Å². The summed E-state index contributed by atoms with van der Waals surface area (Å²) >= 11 is 0. The van der Waals surface area contributed by atoms with Gasteiger partial charge >= 0.3 is 0 Å². The largest absolute Gasteiger partial charge is 0.455 e. The van der Waals surface area contributed by atoms with E-state index in [0.717, 1.165) is 44.6 Å². The van der Waals surface area contributed by atoms with Crippen LogP contribution in [0.15, 0.2) is 120 Å². The fraction of sp³-hybridized carbons (Fsp3) is 0.186. The third-order valence-corrected chi connectivity index (χ3v) is 9.71. The van der Waals surface area contributed by atoms with Crippen molar-refractivity contribution >= 4 is 33.0 Å². The average Bonchev–Trinajstić information content (AvgIpc) is 3.63. The minimum absolute atomic E-state index is 0.277. The van der Waals surface area contributed by atoms with Gasteiger partial charge in [-0.15, -0.1) is 0 Å². The summed E-state index contributed by atoms with van der Waals surface area (Å²) in [5.74, 6) is 1.67. The third-order valence-electron chi connectivity index (χ3n) is 9.71. The molecule has 0 amide bonds. The predicted molar refractivity (Wildman–Crippen MR) is 197 cm³/mol. The zero-order valence-corrected chi connectivity index (χ0v) is 28.3. The van der Waals surface area contributed by atoms with E-state index in [2.05, 4.69) is 152 Å². The van der Waals surface area contributed by atoms with Crippen molar-refractivity contribution in [3.8, 4) is 39.5 Å². The van der Waals surface area contributed by atoms with Gasteiger partial charge in [0.05, 0.1) is 18.9 Å². The molecule has 0 bridgehead atoms. The van der Waals surface area contributed by atoms with Crippen LogP contribution in [0.3, 0.4) is 0 Å². The number of aromatic nitrogens is 4. The molecule has 0 radical (unpaired) electrons. The highest BCUT2D eigenvalue weighted by molar-refractivity contribution is 6.09. The number of imidazole rings is 1. The van der Waals surface area contributed by atoms with Crippen molar-refractivity contribution in [2.24, 2.45) is 7.05 Å². The summed E-state index contributed by atoms with van der Waals surface area (Å²) in [5, 5.41) is 2.27. The highest BCUT2D eigenvalue weighted by Gasteiger charge is 2.34. The number of fused-ring (bicyclic) bond motifs is 4. The summed E-state index contributed by atoms with van der Waals surface area (Å²) in [6.07, 6.45) is 5.25. The molecule has 5 aromatic carbocycles. The quantitative estimate of drug-likeness (QED) is 0.172. The fourth-order valence-corrected chi connectivity index (χ4v) is 7.25. The Morgan fingerprint density at radius 2 is 1.40 bits per heavy atom. The highest BCUT2D eigenvalue weighted by atomic mass is 16.3. The number of aryl methyl sites for hydroxylation is 2. The van der Waals surface area contributed by atoms with Crippen molar-refractivity contribution in [3.05, 3.63) is 132 Å². The normalized spacial score (nSPS) is 11.9. The Balaban J connectivity index is 1.42. The topological polar surface area (TPSA) is 47.7 Å². The van der Waals surface area contributed by atoms with Crippen LogP contribution in [-0.4, -0.2) is 14.5 Å². The van der Waals surface area contributed by atoms with Gasteiger partial charge in [0.2, 0.25) is 0 Å². The molecule has 0 atom stereocenters. The molecule has 3 heterocycles. The molecule has 0 fully saturated rings. The molecule has 5 heteroatoms. The van der Waals surface area contributed by atoms with Crippen molar-refractivity contribution in [3.63, 3.8) is 0 Å². The lowest BCUT2D eigenvalue weighted by Gasteiger charge is -2.21. The molecule has 48 heavy (non-hydrogen) atoms. The molecule has 0 aliphatic carbocycles. The smallest absolute Gasteiger partial charge is 0.299 e. The molecule has 3 aromatic heterocycles. The monoisotopic (exact) mass is 627 g/mol. The first kappa shape index (κ1) is 29.8. The third kappa shape index (κ3) is 4.72. The fourth-order valence-electron chi connectivity index (χ4n) is 7.25. The Hall–Kier alpha value is -5.55. The highest BCUT2D eigenvalue weighted by Crippen LogP contribution is 2.43. The second-order valence-corrected chi connectivity index (χ2v) is 13.4. The lowest BCUT2D eigenvalue weighted by atomic mass is 9.87. The Bertz CT molecular complexity index is 2440. The van der Waals surface area contributed by atoms with Gasteiger partial charge in [-0.05, 0) is 65.8 Å². The molecule has 5 nitrogen and oxygen atoms in total. The predicted octanol–water partition coefficient (Wildman–Crippen LogP) is 10.7. The van der Waals surface area contributed by atoms with Gasteiger partial charge in [0.25, 0.3) is 5.82 Å². The number of rotatable bonds is 6. The molecule has 0 saturated heterocycles. The molecule has 0 unspecified atom stereocenters. The van der Waals surface area contributed by atoms with E-state index in [0.29, 0.717) is 0 Å². The van der Waals surface area contributed by atoms with Crippen LogP contribution in [0.25, 0.3) is 72.4 Å². The molecule has 236 valence electrons. The molecule has 0 aliphatic rings. The number of para-hydroxylation sites is 3. The van der Waals surface area contributed by atoms with Gasteiger partial charge in [-0.2, -0.15) is 4.57 Å². The van der Waals surface area contributed by atoms with Gasteiger partial charge in [-0.25, -0.2) is 4.57 Å². The van der Waals surface area contributed by atoms with Gasteiger partial charge < -0.3 is 4.42 Å². The minimum atomic E-state index is 0.277. The van der Waals surface area contributed by atoms with E-state index >= 15 is 0 Å². The second kappa shape index (κ2) is 11.6. The summed E-state index contributed by atoms with van der Waals surface area (Å²) < 4.78 is 11.6. The van der Waals surface area contributed by atoms with E-state index in [1.54, 1.807) is 12.4 Å². The first-order valence-corrected chi connectivity index (χ1v) is 16.8. The van der Waals surface area contributed by atoms with Crippen molar-refractivity contribution in [2.75, 3.05) is 0 Å². The lowest BCUT2D eigenvalue weighted by Crippen LogP contribution is -2.30. The van der Waals surface area contributed by atoms with Crippen LogP contribution in [0.2, 0.25) is 0 Å². The molecule has 8 rings (SSSR count). The van der Waals surface area contributed by atoms with Gasteiger partial charge in [-0.3, -0.25) is 9.97 Å². The first-order chi connectivity index (χ1) is 23.3. The minimum Gasteiger partial charge on any atom is -0.455 e. The average molecular weight is 628 g/mol. The zero-order valence-electron chi connectivity index (χ0n) is 28.3. The number of hydrogen-bond donors (Lipinski definition) is 0. The van der Waals surface area contributed by atoms with E-state index in [4.69, 9.17) is 4.42 Å². The standard InChI is InChI=1S/C43H39N4O/c1-26(2)34-23-31(29-16-18-30(19-17-29)36-25-44-21-22-45-36)24-35(27(3)4)41(34)47-38-13-9-8-12-37(38)46(6)43(47)40-28(5)15-20-33-32-11-7-10-14-39(32)48-42(33)40/h7-27H,1-6H3/q+1. The molecular weight excluding hydrogens is 589 g/mol. The molecular formula is C43H39N4O+. The second-order valence-electron chi connectivity index (χ2n) is 13.4. The summed E-state index contributed by atoms with van der Waals surface area (Å²) in [6.45, 7) is 11.4. The van der Waals surface area contributed by atoms with Crippen LogP contribution in [-0.2, 0) is 7.05 Å². The summed E-state index contributed by atoms with van der Waals surface area (Å²) in [4.78, 5) is 8.75. The zero-order chi connectivity index (χ0) is 33.1.